The molecule has 1 aliphatic rings. The minimum absolute atomic E-state index is 0.192. The number of fused-ring (bicyclic) bond motifs is 2. The molecule has 3 heteroatoms. The second-order valence-electron chi connectivity index (χ2n) is 4.21. The highest BCUT2D eigenvalue weighted by Gasteiger charge is 2.16. The highest BCUT2D eigenvalue weighted by atomic mass is 32.2. The van der Waals surface area contributed by atoms with Gasteiger partial charge in [-0.15, -0.1) is 0 Å². The predicted molar refractivity (Wildman–Crippen MR) is 74.9 cm³/mol. The Bertz CT molecular complexity index is 622. The molecule has 0 bridgehead atoms. The van der Waals surface area contributed by atoms with Gasteiger partial charge in [-0.1, -0.05) is 30.8 Å². The van der Waals surface area contributed by atoms with Crippen LogP contribution in [-0.4, -0.2) is 5.78 Å². The van der Waals surface area contributed by atoms with Crippen molar-refractivity contribution in [1.29, 1.82) is 0 Å². The predicted octanol–water partition coefficient (Wildman–Crippen LogP) is 4.49. The number of Topliss-reactive ketones (excluding diaryl/α,β-unsaturated/α-hetero) is 1. The Balaban J connectivity index is 2.01. The van der Waals surface area contributed by atoms with E-state index in [4.69, 9.17) is 0 Å². The SMILES string of the molecule is CCC(=O)c1ccc2c(c1)Sc1ccccc1N2. The largest absolute Gasteiger partial charge is 0.354 e. The van der Waals surface area contributed by atoms with Gasteiger partial charge in [0.05, 0.1) is 11.4 Å². The van der Waals surface area contributed by atoms with E-state index in [1.807, 2.05) is 37.3 Å². The van der Waals surface area contributed by atoms with Crippen LogP contribution in [0.2, 0.25) is 0 Å². The fourth-order valence-corrected chi connectivity index (χ4v) is 3.04. The molecule has 2 nitrogen and oxygen atoms in total. The fraction of sp³-hybridized carbons (Fsp3) is 0.133. The Labute approximate surface area is 110 Å². The van der Waals surface area contributed by atoms with E-state index in [1.165, 1.54) is 4.90 Å². The molecule has 0 aromatic heterocycles. The summed E-state index contributed by atoms with van der Waals surface area (Å²) in [5.41, 5.74) is 3.00. The van der Waals surface area contributed by atoms with Crippen molar-refractivity contribution in [3.63, 3.8) is 0 Å². The molecule has 1 aliphatic heterocycles. The van der Waals surface area contributed by atoms with E-state index in [0.717, 1.165) is 21.8 Å². The van der Waals surface area contributed by atoms with E-state index in [1.54, 1.807) is 11.8 Å². The lowest BCUT2D eigenvalue weighted by Crippen LogP contribution is -2.02. The number of anilines is 2. The van der Waals surface area contributed by atoms with Crippen molar-refractivity contribution >= 4 is 28.9 Å². The van der Waals surface area contributed by atoms with Crippen molar-refractivity contribution in [1.82, 2.24) is 0 Å². The molecule has 1 N–H and O–H groups in total. The first-order chi connectivity index (χ1) is 8.78. The summed E-state index contributed by atoms with van der Waals surface area (Å²) < 4.78 is 0. The fourth-order valence-electron chi connectivity index (χ4n) is 2.01. The number of nitrogens with one attached hydrogen (secondary N) is 1. The van der Waals surface area contributed by atoms with E-state index >= 15 is 0 Å². The van der Waals surface area contributed by atoms with Crippen molar-refractivity contribution in [2.75, 3.05) is 5.32 Å². The molecule has 0 saturated heterocycles. The number of carbonyl (C=O) groups is 1. The monoisotopic (exact) mass is 255 g/mol. The first-order valence-electron chi connectivity index (χ1n) is 5.99. The third-order valence-electron chi connectivity index (χ3n) is 3.00. The smallest absolute Gasteiger partial charge is 0.162 e. The molecule has 2 aromatic rings. The molecular weight excluding hydrogens is 242 g/mol. The topological polar surface area (TPSA) is 29.1 Å². The van der Waals surface area contributed by atoms with Crippen LogP contribution in [0.15, 0.2) is 52.3 Å². The molecule has 0 spiro atoms. The third-order valence-corrected chi connectivity index (χ3v) is 4.13. The zero-order valence-electron chi connectivity index (χ0n) is 10.1. The zero-order valence-corrected chi connectivity index (χ0v) is 10.9. The number of ketones is 1. The van der Waals surface area contributed by atoms with Crippen LogP contribution >= 0.6 is 11.8 Å². The van der Waals surface area contributed by atoms with Gasteiger partial charge >= 0.3 is 0 Å². The summed E-state index contributed by atoms with van der Waals surface area (Å²) in [6.07, 6.45) is 0.549. The summed E-state index contributed by atoms with van der Waals surface area (Å²) in [4.78, 5) is 14.0. The van der Waals surface area contributed by atoms with Crippen LogP contribution in [0.4, 0.5) is 11.4 Å². The van der Waals surface area contributed by atoms with Crippen LogP contribution in [0.3, 0.4) is 0 Å². The standard InChI is InChI=1S/C15H13NOS/c1-2-13(17)10-7-8-12-15(9-10)18-14-6-4-3-5-11(14)16-12/h3-9,16H,2H2,1H3. The summed E-state index contributed by atoms with van der Waals surface area (Å²) in [5, 5.41) is 3.39. The molecule has 2 aromatic carbocycles. The average Bonchev–Trinajstić information content (AvgIpc) is 2.43. The average molecular weight is 255 g/mol. The second kappa shape index (κ2) is 4.50. The van der Waals surface area contributed by atoms with Gasteiger partial charge in [-0.25, -0.2) is 0 Å². The molecule has 0 fully saturated rings. The van der Waals surface area contributed by atoms with Gasteiger partial charge in [-0.05, 0) is 30.3 Å². The number of rotatable bonds is 2. The van der Waals surface area contributed by atoms with Crippen molar-refractivity contribution < 1.29 is 4.79 Å². The van der Waals surface area contributed by atoms with Crippen molar-refractivity contribution in [2.24, 2.45) is 0 Å². The van der Waals surface area contributed by atoms with Crippen LogP contribution < -0.4 is 5.32 Å². The van der Waals surface area contributed by atoms with E-state index in [0.29, 0.717) is 6.42 Å². The normalized spacial score (nSPS) is 12.3. The molecule has 1 heterocycles. The Morgan fingerprint density at radius 2 is 1.89 bits per heavy atom. The van der Waals surface area contributed by atoms with Gasteiger partial charge in [-0.2, -0.15) is 0 Å². The first kappa shape index (κ1) is 11.4. The van der Waals surface area contributed by atoms with Gasteiger partial charge in [0.25, 0.3) is 0 Å². The molecular formula is C15H13NOS. The highest BCUT2D eigenvalue weighted by Crippen LogP contribution is 2.44. The van der Waals surface area contributed by atoms with Crippen LogP contribution in [0, 0.1) is 0 Å². The maximum Gasteiger partial charge on any atom is 0.162 e. The van der Waals surface area contributed by atoms with Crippen LogP contribution in [0.1, 0.15) is 23.7 Å². The molecule has 0 amide bonds. The van der Waals surface area contributed by atoms with Gasteiger partial charge in [0.15, 0.2) is 5.78 Å². The van der Waals surface area contributed by atoms with Crippen molar-refractivity contribution in [3.05, 3.63) is 48.0 Å². The molecule has 90 valence electrons. The minimum atomic E-state index is 0.192. The van der Waals surface area contributed by atoms with Gasteiger partial charge in [0, 0.05) is 21.8 Å². The second-order valence-corrected chi connectivity index (χ2v) is 5.29. The summed E-state index contributed by atoms with van der Waals surface area (Å²) in [7, 11) is 0. The summed E-state index contributed by atoms with van der Waals surface area (Å²) >= 11 is 1.71. The maximum absolute atomic E-state index is 11.7. The molecule has 0 saturated carbocycles. The summed E-state index contributed by atoms with van der Waals surface area (Å²) in [6, 6.07) is 14.1. The Morgan fingerprint density at radius 1 is 1.11 bits per heavy atom. The minimum Gasteiger partial charge on any atom is -0.354 e. The first-order valence-corrected chi connectivity index (χ1v) is 6.80. The molecule has 0 aliphatic carbocycles. The molecule has 0 radical (unpaired) electrons. The van der Waals surface area contributed by atoms with Crippen LogP contribution in [-0.2, 0) is 0 Å². The lowest BCUT2D eigenvalue weighted by molar-refractivity contribution is 0.0988. The van der Waals surface area contributed by atoms with E-state index in [2.05, 4.69) is 17.4 Å². The number of para-hydroxylation sites is 1. The number of hydrogen-bond donors (Lipinski definition) is 1. The maximum atomic E-state index is 11.7. The van der Waals surface area contributed by atoms with Gasteiger partial charge in [-0.3, -0.25) is 4.79 Å². The van der Waals surface area contributed by atoms with Gasteiger partial charge in [0.2, 0.25) is 0 Å². The Morgan fingerprint density at radius 3 is 2.72 bits per heavy atom. The summed E-state index contributed by atoms with van der Waals surface area (Å²) in [6.45, 7) is 1.89. The van der Waals surface area contributed by atoms with Crippen LogP contribution in [0.5, 0.6) is 0 Å². The Hall–Kier alpha value is -1.74. The van der Waals surface area contributed by atoms with Gasteiger partial charge < -0.3 is 5.32 Å². The molecule has 0 atom stereocenters. The number of hydrogen-bond acceptors (Lipinski definition) is 3. The zero-order chi connectivity index (χ0) is 12.5. The third kappa shape index (κ3) is 1.91. The molecule has 3 rings (SSSR count). The molecule has 0 unspecified atom stereocenters. The van der Waals surface area contributed by atoms with E-state index in [-0.39, 0.29) is 5.78 Å². The summed E-state index contributed by atoms with van der Waals surface area (Å²) in [5.74, 6) is 0.192. The van der Waals surface area contributed by atoms with Crippen LogP contribution in [0.25, 0.3) is 0 Å². The lowest BCUT2D eigenvalue weighted by Gasteiger charge is -2.20. The van der Waals surface area contributed by atoms with E-state index < -0.39 is 0 Å². The number of benzene rings is 2. The van der Waals surface area contributed by atoms with E-state index in [9.17, 15) is 4.79 Å². The van der Waals surface area contributed by atoms with Crippen molar-refractivity contribution in [3.8, 4) is 0 Å². The van der Waals surface area contributed by atoms with Crippen molar-refractivity contribution in [2.45, 2.75) is 23.1 Å². The quantitative estimate of drug-likeness (QED) is 0.684. The highest BCUT2D eigenvalue weighted by molar-refractivity contribution is 7.99. The Kier molecular flexibility index (Phi) is 2.84. The number of carbonyl (C=O) groups excluding carboxylic acids is 1. The molecule has 18 heavy (non-hydrogen) atoms. The van der Waals surface area contributed by atoms with Gasteiger partial charge in [0.1, 0.15) is 0 Å². The lowest BCUT2D eigenvalue weighted by atomic mass is 10.1.